The summed E-state index contributed by atoms with van der Waals surface area (Å²) in [5.74, 6) is -0.611. The Morgan fingerprint density at radius 1 is 0.645 bits per heavy atom. The SMILES string of the molecule is CC(C)NC(=O)c1ccccc1NC(=O)c1ccc(NC(=O)Nc2ccccc2)cc1. The van der Waals surface area contributed by atoms with Gasteiger partial charge in [0.25, 0.3) is 11.8 Å². The Morgan fingerprint density at radius 2 is 1.23 bits per heavy atom. The molecule has 3 aromatic carbocycles. The number of carbonyl (C=O) groups excluding carboxylic acids is 3. The predicted molar refractivity (Wildman–Crippen MR) is 123 cm³/mol. The van der Waals surface area contributed by atoms with Crippen molar-refractivity contribution in [2.45, 2.75) is 19.9 Å². The van der Waals surface area contributed by atoms with Gasteiger partial charge in [-0.15, -0.1) is 0 Å². The first-order chi connectivity index (χ1) is 14.9. The van der Waals surface area contributed by atoms with Crippen molar-refractivity contribution in [2.24, 2.45) is 0 Å². The predicted octanol–water partition coefficient (Wildman–Crippen LogP) is 4.72. The van der Waals surface area contributed by atoms with Crippen molar-refractivity contribution in [1.29, 1.82) is 0 Å². The third kappa shape index (κ3) is 6.17. The van der Waals surface area contributed by atoms with Crippen molar-refractivity contribution in [3.05, 3.63) is 90.0 Å². The van der Waals surface area contributed by atoms with E-state index in [9.17, 15) is 14.4 Å². The van der Waals surface area contributed by atoms with E-state index in [1.54, 1.807) is 60.7 Å². The number of benzene rings is 3. The lowest BCUT2D eigenvalue weighted by molar-refractivity contribution is 0.0944. The largest absolute Gasteiger partial charge is 0.350 e. The molecule has 0 fully saturated rings. The van der Waals surface area contributed by atoms with Gasteiger partial charge in [0.1, 0.15) is 0 Å². The minimum absolute atomic E-state index is 0.0182. The average molecular weight is 416 g/mol. The van der Waals surface area contributed by atoms with Gasteiger partial charge in [-0.05, 0) is 62.4 Å². The molecule has 7 heteroatoms. The average Bonchev–Trinajstić information content (AvgIpc) is 2.74. The van der Waals surface area contributed by atoms with Crippen LogP contribution in [0.5, 0.6) is 0 Å². The van der Waals surface area contributed by atoms with Gasteiger partial charge in [-0.25, -0.2) is 4.79 Å². The molecule has 0 aliphatic heterocycles. The van der Waals surface area contributed by atoms with Gasteiger partial charge in [-0.1, -0.05) is 30.3 Å². The number of hydrogen-bond acceptors (Lipinski definition) is 3. The summed E-state index contributed by atoms with van der Waals surface area (Å²) in [5, 5.41) is 11.0. The Morgan fingerprint density at radius 3 is 1.87 bits per heavy atom. The molecule has 158 valence electrons. The van der Waals surface area contributed by atoms with Gasteiger partial charge in [0.15, 0.2) is 0 Å². The van der Waals surface area contributed by atoms with Gasteiger partial charge in [-0.2, -0.15) is 0 Å². The smallest absolute Gasteiger partial charge is 0.323 e. The summed E-state index contributed by atoms with van der Waals surface area (Å²) in [6, 6.07) is 22.0. The number of nitrogens with one attached hydrogen (secondary N) is 4. The minimum Gasteiger partial charge on any atom is -0.350 e. The lowest BCUT2D eigenvalue weighted by atomic mass is 10.1. The van der Waals surface area contributed by atoms with E-state index in [0.717, 1.165) is 0 Å². The molecule has 0 atom stereocenters. The molecule has 31 heavy (non-hydrogen) atoms. The summed E-state index contributed by atoms with van der Waals surface area (Å²) in [7, 11) is 0. The van der Waals surface area contributed by atoms with Crippen LogP contribution in [-0.4, -0.2) is 23.9 Å². The van der Waals surface area contributed by atoms with E-state index in [2.05, 4.69) is 21.3 Å². The molecule has 0 aromatic heterocycles. The van der Waals surface area contributed by atoms with Crippen LogP contribution in [0.3, 0.4) is 0 Å². The Bertz CT molecular complexity index is 1060. The van der Waals surface area contributed by atoms with Crippen molar-refractivity contribution >= 4 is 34.9 Å². The number of hydrogen-bond donors (Lipinski definition) is 4. The van der Waals surface area contributed by atoms with Gasteiger partial charge in [0, 0.05) is 23.0 Å². The van der Waals surface area contributed by atoms with E-state index in [1.807, 2.05) is 32.0 Å². The van der Waals surface area contributed by atoms with Gasteiger partial charge >= 0.3 is 6.03 Å². The number of rotatable bonds is 6. The van der Waals surface area contributed by atoms with Gasteiger partial charge in [0.05, 0.1) is 11.3 Å². The van der Waals surface area contributed by atoms with Gasteiger partial charge in [0.2, 0.25) is 0 Å². The molecular formula is C24H24N4O3. The van der Waals surface area contributed by atoms with Crippen molar-refractivity contribution in [3.8, 4) is 0 Å². The zero-order valence-corrected chi connectivity index (χ0v) is 17.3. The zero-order valence-electron chi connectivity index (χ0n) is 17.3. The van der Waals surface area contributed by atoms with Crippen molar-refractivity contribution in [3.63, 3.8) is 0 Å². The highest BCUT2D eigenvalue weighted by molar-refractivity contribution is 6.09. The molecule has 0 saturated heterocycles. The van der Waals surface area contributed by atoms with Crippen molar-refractivity contribution < 1.29 is 14.4 Å². The van der Waals surface area contributed by atoms with E-state index < -0.39 is 0 Å². The number of amides is 4. The lowest BCUT2D eigenvalue weighted by Gasteiger charge is -2.13. The fourth-order valence-electron chi connectivity index (χ4n) is 2.84. The molecule has 0 aliphatic rings. The van der Waals surface area contributed by atoms with Crippen LogP contribution < -0.4 is 21.3 Å². The van der Waals surface area contributed by atoms with Crippen molar-refractivity contribution in [2.75, 3.05) is 16.0 Å². The first kappa shape index (κ1) is 21.6. The lowest BCUT2D eigenvalue weighted by Crippen LogP contribution is -2.31. The van der Waals surface area contributed by atoms with Gasteiger partial charge < -0.3 is 21.3 Å². The molecule has 4 amide bonds. The van der Waals surface area contributed by atoms with E-state index in [-0.39, 0.29) is 23.9 Å². The van der Waals surface area contributed by atoms with Crippen LogP contribution in [0.4, 0.5) is 21.9 Å². The molecule has 0 spiro atoms. The van der Waals surface area contributed by atoms with E-state index in [1.165, 1.54) is 0 Å². The topological polar surface area (TPSA) is 99.3 Å². The van der Waals surface area contributed by atoms with Crippen LogP contribution in [0.15, 0.2) is 78.9 Å². The Balaban J connectivity index is 1.63. The normalized spacial score (nSPS) is 10.3. The summed E-state index contributed by atoms with van der Waals surface area (Å²) in [6.07, 6.45) is 0. The second kappa shape index (κ2) is 10.1. The van der Waals surface area contributed by atoms with Crippen LogP contribution >= 0.6 is 0 Å². The van der Waals surface area contributed by atoms with E-state index in [0.29, 0.717) is 28.2 Å². The monoisotopic (exact) mass is 416 g/mol. The molecule has 4 N–H and O–H groups in total. The molecule has 0 saturated carbocycles. The van der Waals surface area contributed by atoms with Crippen LogP contribution in [-0.2, 0) is 0 Å². The Labute approximate surface area is 180 Å². The molecule has 0 bridgehead atoms. The van der Waals surface area contributed by atoms with E-state index in [4.69, 9.17) is 0 Å². The Hall–Kier alpha value is -4.13. The maximum absolute atomic E-state index is 12.6. The quantitative estimate of drug-likeness (QED) is 0.468. The molecule has 3 aromatic rings. The van der Waals surface area contributed by atoms with Gasteiger partial charge in [-0.3, -0.25) is 9.59 Å². The summed E-state index contributed by atoms with van der Waals surface area (Å²) >= 11 is 0. The molecule has 0 aliphatic carbocycles. The fourth-order valence-corrected chi connectivity index (χ4v) is 2.84. The molecule has 3 rings (SSSR count). The summed E-state index contributed by atoms with van der Waals surface area (Å²) in [4.78, 5) is 37.1. The first-order valence-electron chi connectivity index (χ1n) is 9.87. The minimum atomic E-state index is -0.381. The fraction of sp³-hybridized carbons (Fsp3) is 0.125. The summed E-state index contributed by atoms with van der Waals surface area (Å²) < 4.78 is 0. The second-order valence-electron chi connectivity index (χ2n) is 7.15. The Kier molecular flexibility index (Phi) is 7.01. The maximum atomic E-state index is 12.6. The zero-order chi connectivity index (χ0) is 22.2. The number of carbonyl (C=O) groups is 3. The third-order valence-electron chi connectivity index (χ3n) is 4.28. The van der Waals surface area contributed by atoms with Crippen LogP contribution in [0.25, 0.3) is 0 Å². The summed E-state index contributed by atoms with van der Waals surface area (Å²) in [6.45, 7) is 3.74. The maximum Gasteiger partial charge on any atom is 0.323 e. The highest BCUT2D eigenvalue weighted by atomic mass is 16.2. The second-order valence-corrected chi connectivity index (χ2v) is 7.15. The molecule has 0 unspecified atom stereocenters. The third-order valence-corrected chi connectivity index (χ3v) is 4.28. The molecule has 7 nitrogen and oxygen atoms in total. The summed E-state index contributed by atoms with van der Waals surface area (Å²) in [5.41, 5.74) is 2.43. The molecule has 0 radical (unpaired) electrons. The van der Waals surface area contributed by atoms with Crippen LogP contribution in [0.2, 0.25) is 0 Å². The van der Waals surface area contributed by atoms with Crippen LogP contribution in [0, 0.1) is 0 Å². The van der Waals surface area contributed by atoms with Crippen LogP contribution in [0.1, 0.15) is 34.6 Å². The number of para-hydroxylation sites is 2. The van der Waals surface area contributed by atoms with Crippen molar-refractivity contribution in [1.82, 2.24) is 5.32 Å². The molecular weight excluding hydrogens is 392 g/mol. The highest BCUT2D eigenvalue weighted by Gasteiger charge is 2.15. The van der Waals surface area contributed by atoms with E-state index >= 15 is 0 Å². The standard InChI is InChI=1S/C24H24N4O3/c1-16(2)25-23(30)20-10-6-7-11-21(20)28-22(29)17-12-14-19(15-13-17)27-24(31)26-18-8-4-3-5-9-18/h3-16H,1-2H3,(H,25,30)(H,28,29)(H2,26,27,31). The highest BCUT2D eigenvalue weighted by Crippen LogP contribution is 2.18. The molecule has 0 heterocycles. The number of urea groups is 1. The number of anilines is 3. The first-order valence-corrected chi connectivity index (χ1v) is 9.87.